The van der Waals surface area contributed by atoms with Crippen molar-refractivity contribution in [3.63, 3.8) is 0 Å². The maximum atomic E-state index is 13.2. The molecule has 0 fully saturated rings. The Hall–Kier alpha value is -3.35. The van der Waals surface area contributed by atoms with Gasteiger partial charge >= 0.3 is 0 Å². The molecule has 5 rings (SSSR count). The van der Waals surface area contributed by atoms with E-state index in [0.29, 0.717) is 0 Å². The second-order valence-electron chi connectivity index (χ2n) is 7.34. The number of aromatic nitrogens is 1. The average molecular weight is 407 g/mol. The summed E-state index contributed by atoms with van der Waals surface area (Å²) in [5, 5.41) is 3.48. The lowest BCUT2D eigenvalue weighted by Gasteiger charge is -2.08. The summed E-state index contributed by atoms with van der Waals surface area (Å²) in [6.45, 7) is 0. The predicted molar refractivity (Wildman–Crippen MR) is 127 cm³/mol. The monoisotopic (exact) mass is 407 g/mol. The molecule has 1 heterocycles. The normalized spacial score (nSPS) is 11.0. The van der Waals surface area contributed by atoms with Crippen molar-refractivity contribution in [3.8, 4) is 33.5 Å². The number of fused-ring (bicyclic) bond motifs is 1. The fraction of sp³-hybridized carbons (Fsp3) is 0. The van der Waals surface area contributed by atoms with E-state index < -0.39 is 0 Å². The van der Waals surface area contributed by atoms with Crippen molar-refractivity contribution < 1.29 is 4.39 Å². The van der Waals surface area contributed by atoms with Crippen LogP contribution in [0.3, 0.4) is 0 Å². The molecule has 3 heteroatoms. The SMILES string of the molecule is Fc1ccc(-c2ccc3ccc(-c4ccc(-c5ccc(P)cc5)nc4)cc3c2)cc1. The van der Waals surface area contributed by atoms with Crippen molar-refractivity contribution in [1.82, 2.24) is 4.98 Å². The summed E-state index contributed by atoms with van der Waals surface area (Å²) >= 11 is 0. The molecule has 0 bridgehead atoms. The average Bonchev–Trinajstić information content (AvgIpc) is 2.79. The highest BCUT2D eigenvalue weighted by Gasteiger charge is 2.05. The molecule has 0 N–H and O–H groups in total. The van der Waals surface area contributed by atoms with Crippen LogP contribution in [0.5, 0.6) is 0 Å². The summed E-state index contributed by atoms with van der Waals surface area (Å²) < 4.78 is 13.2. The number of halogens is 1. The lowest BCUT2D eigenvalue weighted by atomic mass is 9.98. The topological polar surface area (TPSA) is 12.9 Å². The van der Waals surface area contributed by atoms with Crippen molar-refractivity contribution >= 4 is 25.3 Å². The molecule has 1 aromatic heterocycles. The number of benzene rings is 4. The second kappa shape index (κ2) is 7.82. The zero-order chi connectivity index (χ0) is 20.5. The highest BCUT2D eigenvalue weighted by atomic mass is 31.0. The van der Waals surface area contributed by atoms with Gasteiger partial charge in [-0.15, -0.1) is 9.24 Å². The molecule has 144 valence electrons. The fourth-order valence-corrected chi connectivity index (χ4v) is 3.83. The minimum Gasteiger partial charge on any atom is -0.256 e. The Kier molecular flexibility index (Phi) is 4.86. The zero-order valence-corrected chi connectivity index (χ0v) is 17.4. The molecule has 1 atom stereocenters. The molecule has 0 saturated heterocycles. The highest BCUT2D eigenvalue weighted by Crippen LogP contribution is 2.29. The van der Waals surface area contributed by atoms with Crippen molar-refractivity contribution in [2.24, 2.45) is 0 Å². The van der Waals surface area contributed by atoms with Gasteiger partial charge in [0.1, 0.15) is 5.82 Å². The van der Waals surface area contributed by atoms with Crippen molar-refractivity contribution in [2.75, 3.05) is 0 Å². The first kappa shape index (κ1) is 18.7. The third-order valence-corrected chi connectivity index (χ3v) is 5.71. The van der Waals surface area contributed by atoms with E-state index in [0.717, 1.165) is 44.2 Å². The van der Waals surface area contributed by atoms with E-state index in [1.165, 1.54) is 17.5 Å². The van der Waals surface area contributed by atoms with Crippen LogP contribution in [0.4, 0.5) is 4.39 Å². The summed E-state index contributed by atoms with van der Waals surface area (Å²) in [7, 11) is 2.70. The molecular weight excluding hydrogens is 388 g/mol. The van der Waals surface area contributed by atoms with Gasteiger partial charge in [-0.1, -0.05) is 66.7 Å². The standard InChI is InChI=1S/C27H19FNP/c28-25-10-5-18(6-11-25)21-3-1-19-2-4-22(16-24(19)15-21)23-9-14-27(29-17-23)20-7-12-26(30)13-8-20/h1-17H,30H2. The molecule has 0 aliphatic rings. The van der Waals surface area contributed by atoms with Crippen LogP contribution < -0.4 is 5.30 Å². The first-order chi connectivity index (χ1) is 14.7. The minimum absolute atomic E-state index is 0.220. The predicted octanol–water partition coefficient (Wildman–Crippen LogP) is 6.88. The van der Waals surface area contributed by atoms with E-state index in [1.54, 1.807) is 0 Å². The molecule has 4 aromatic carbocycles. The number of pyridine rings is 1. The smallest absolute Gasteiger partial charge is 0.123 e. The second-order valence-corrected chi connectivity index (χ2v) is 8.00. The molecule has 0 saturated carbocycles. The molecule has 0 amide bonds. The zero-order valence-electron chi connectivity index (χ0n) is 16.2. The first-order valence-electron chi connectivity index (χ1n) is 9.78. The van der Waals surface area contributed by atoms with E-state index in [1.807, 2.05) is 18.3 Å². The molecule has 5 aromatic rings. The Morgan fingerprint density at radius 3 is 1.73 bits per heavy atom. The summed E-state index contributed by atoms with van der Waals surface area (Å²) in [6.07, 6.45) is 1.93. The van der Waals surface area contributed by atoms with Gasteiger partial charge in [0, 0.05) is 17.3 Å². The summed E-state index contributed by atoms with van der Waals surface area (Å²) in [6, 6.07) is 31.9. The largest absolute Gasteiger partial charge is 0.256 e. The summed E-state index contributed by atoms with van der Waals surface area (Å²) in [5.74, 6) is -0.220. The quantitative estimate of drug-likeness (QED) is 0.297. The van der Waals surface area contributed by atoms with Crippen LogP contribution in [-0.2, 0) is 0 Å². The van der Waals surface area contributed by atoms with Crippen LogP contribution in [0.15, 0.2) is 103 Å². The van der Waals surface area contributed by atoms with Crippen LogP contribution in [0, 0.1) is 5.82 Å². The lowest BCUT2D eigenvalue weighted by molar-refractivity contribution is 0.628. The third-order valence-electron chi connectivity index (χ3n) is 5.32. The molecule has 0 aliphatic carbocycles. The fourth-order valence-electron chi connectivity index (χ4n) is 3.64. The van der Waals surface area contributed by atoms with E-state index in [-0.39, 0.29) is 5.82 Å². The molecule has 1 nitrogen and oxygen atoms in total. The van der Waals surface area contributed by atoms with Gasteiger partial charge in [0.15, 0.2) is 0 Å². The van der Waals surface area contributed by atoms with Gasteiger partial charge in [0.25, 0.3) is 0 Å². The number of hydrogen-bond acceptors (Lipinski definition) is 1. The minimum atomic E-state index is -0.220. The highest BCUT2D eigenvalue weighted by molar-refractivity contribution is 7.27. The number of nitrogens with zero attached hydrogens (tertiary/aromatic N) is 1. The van der Waals surface area contributed by atoms with Crippen LogP contribution >= 0.6 is 9.24 Å². The Morgan fingerprint density at radius 2 is 1.10 bits per heavy atom. The maximum absolute atomic E-state index is 13.2. The van der Waals surface area contributed by atoms with E-state index >= 15 is 0 Å². The molecular formula is C27H19FNP. The van der Waals surface area contributed by atoms with Gasteiger partial charge in [0.2, 0.25) is 0 Å². The van der Waals surface area contributed by atoms with Crippen molar-refractivity contribution in [1.29, 1.82) is 0 Å². The van der Waals surface area contributed by atoms with Crippen LogP contribution in [-0.4, -0.2) is 4.98 Å². The van der Waals surface area contributed by atoms with Crippen LogP contribution in [0.1, 0.15) is 0 Å². The summed E-state index contributed by atoms with van der Waals surface area (Å²) in [4.78, 5) is 4.67. The molecule has 0 aliphatic heterocycles. The molecule has 30 heavy (non-hydrogen) atoms. The maximum Gasteiger partial charge on any atom is 0.123 e. The summed E-state index contributed by atoms with van der Waals surface area (Å²) in [5.41, 5.74) is 6.35. The Balaban J connectivity index is 1.49. The van der Waals surface area contributed by atoms with Gasteiger partial charge in [-0.05, 0) is 63.1 Å². The van der Waals surface area contributed by atoms with Gasteiger partial charge in [-0.2, -0.15) is 0 Å². The van der Waals surface area contributed by atoms with Gasteiger partial charge in [-0.3, -0.25) is 4.98 Å². The number of rotatable bonds is 3. The molecule has 1 unspecified atom stereocenters. The Morgan fingerprint density at radius 1 is 0.533 bits per heavy atom. The first-order valence-corrected chi connectivity index (χ1v) is 10.4. The van der Waals surface area contributed by atoms with Crippen molar-refractivity contribution in [2.45, 2.75) is 0 Å². The Bertz CT molecular complexity index is 1320. The van der Waals surface area contributed by atoms with Gasteiger partial charge < -0.3 is 0 Å². The van der Waals surface area contributed by atoms with Crippen LogP contribution in [0.25, 0.3) is 44.3 Å². The van der Waals surface area contributed by atoms with E-state index in [2.05, 4.69) is 87.0 Å². The van der Waals surface area contributed by atoms with E-state index in [9.17, 15) is 4.39 Å². The Labute approximate surface area is 177 Å². The van der Waals surface area contributed by atoms with E-state index in [4.69, 9.17) is 0 Å². The third kappa shape index (κ3) is 3.75. The number of hydrogen-bond donors (Lipinski definition) is 0. The molecule has 0 radical (unpaired) electrons. The van der Waals surface area contributed by atoms with Gasteiger partial charge in [0.05, 0.1) is 5.69 Å². The molecule has 0 spiro atoms. The lowest BCUT2D eigenvalue weighted by Crippen LogP contribution is -1.90. The van der Waals surface area contributed by atoms with Gasteiger partial charge in [-0.25, -0.2) is 4.39 Å². The van der Waals surface area contributed by atoms with Crippen LogP contribution in [0.2, 0.25) is 0 Å². The van der Waals surface area contributed by atoms with Crippen molar-refractivity contribution in [3.05, 3.63) is 109 Å².